The van der Waals surface area contributed by atoms with Crippen LogP contribution in [0.3, 0.4) is 0 Å². The average Bonchev–Trinajstić information content (AvgIpc) is 1.83. The van der Waals surface area contributed by atoms with E-state index in [-0.39, 0.29) is 16.7 Å². The highest BCUT2D eigenvalue weighted by molar-refractivity contribution is 5.81. The first kappa shape index (κ1) is 12.1. The maximum absolute atomic E-state index is 11.2. The maximum atomic E-state index is 11.2. The standard InChI is InChI=1S/C10H19NO2/c1-8(13)9(2,3)6-10(4,5)11-7-12/h7H,6H2,1-5H3,(H,11,12). The summed E-state index contributed by atoms with van der Waals surface area (Å²) in [7, 11) is 0. The highest BCUT2D eigenvalue weighted by Gasteiger charge is 2.31. The zero-order valence-corrected chi connectivity index (χ0v) is 9.10. The van der Waals surface area contributed by atoms with Crippen LogP contribution in [0.15, 0.2) is 0 Å². The Morgan fingerprint density at radius 3 is 2.08 bits per heavy atom. The lowest BCUT2D eigenvalue weighted by Crippen LogP contribution is -2.43. The van der Waals surface area contributed by atoms with Gasteiger partial charge in [-0.15, -0.1) is 0 Å². The predicted molar refractivity (Wildman–Crippen MR) is 52.4 cm³/mol. The fourth-order valence-corrected chi connectivity index (χ4v) is 1.44. The first-order valence-electron chi connectivity index (χ1n) is 4.44. The number of rotatable bonds is 5. The van der Waals surface area contributed by atoms with Gasteiger partial charge in [0.15, 0.2) is 0 Å². The molecule has 0 aromatic carbocycles. The molecular formula is C10H19NO2. The molecule has 1 N–H and O–H groups in total. The number of hydrogen-bond donors (Lipinski definition) is 1. The third-order valence-corrected chi connectivity index (χ3v) is 2.29. The van der Waals surface area contributed by atoms with E-state index < -0.39 is 0 Å². The summed E-state index contributed by atoms with van der Waals surface area (Å²) in [5.74, 6) is 0.147. The minimum absolute atomic E-state index is 0.147. The van der Waals surface area contributed by atoms with Crippen molar-refractivity contribution in [3.05, 3.63) is 0 Å². The van der Waals surface area contributed by atoms with E-state index in [0.29, 0.717) is 12.8 Å². The fraction of sp³-hybridized carbons (Fsp3) is 0.800. The highest BCUT2D eigenvalue weighted by Crippen LogP contribution is 2.28. The van der Waals surface area contributed by atoms with Crippen LogP contribution in [0.1, 0.15) is 41.0 Å². The van der Waals surface area contributed by atoms with E-state index in [0.717, 1.165) is 0 Å². The molecule has 13 heavy (non-hydrogen) atoms. The van der Waals surface area contributed by atoms with Crippen molar-refractivity contribution in [3.63, 3.8) is 0 Å². The second-order valence-electron chi connectivity index (χ2n) is 4.76. The minimum atomic E-state index is -0.375. The van der Waals surface area contributed by atoms with Crippen LogP contribution in [-0.2, 0) is 9.59 Å². The van der Waals surface area contributed by atoms with Crippen molar-refractivity contribution in [1.82, 2.24) is 5.32 Å². The van der Waals surface area contributed by atoms with E-state index >= 15 is 0 Å². The molecule has 0 saturated heterocycles. The maximum Gasteiger partial charge on any atom is 0.207 e. The summed E-state index contributed by atoms with van der Waals surface area (Å²) in [6.45, 7) is 9.18. The first-order chi connectivity index (χ1) is 5.71. The van der Waals surface area contributed by atoms with Crippen molar-refractivity contribution in [2.75, 3.05) is 0 Å². The lowest BCUT2D eigenvalue weighted by molar-refractivity contribution is -0.126. The van der Waals surface area contributed by atoms with Crippen LogP contribution >= 0.6 is 0 Å². The predicted octanol–water partition coefficient (Wildman–Crippen LogP) is 1.52. The van der Waals surface area contributed by atoms with Crippen molar-refractivity contribution in [3.8, 4) is 0 Å². The van der Waals surface area contributed by atoms with Gasteiger partial charge in [-0.05, 0) is 27.2 Å². The Bertz CT molecular complexity index is 207. The van der Waals surface area contributed by atoms with Crippen molar-refractivity contribution < 1.29 is 9.59 Å². The van der Waals surface area contributed by atoms with Crippen LogP contribution in [0.2, 0.25) is 0 Å². The lowest BCUT2D eigenvalue weighted by Gasteiger charge is -2.32. The smallest absolute Gasteiger partial charge is 0.207 e. The van der Waals surface area contributed by atoms with E-state index in [1.807, 2.05) is 27.7 Å². The van der Waals surface area contributed by atoms with Gasteiger partial charge >= 0.3 is 0 Å². The molecule has 0 heterocycles. The second kappa shape index (κ2) is 3.90. The number of carbonyl (C=O) groups excluding carboxylic acids is 2. The number of carbonyl (C=O) groups is 2. The van der Waals surface area contributed by atoms with Gasteiger partial charge in [-0.1, -0.05) is 13.8 Å². The Labute approximate surface area is 79.9 Å². The topological polar surface area (TPSA) is 46.2 Å². The molecule has 0 rings (SSSR count). The van der Waals surface area contributed by atoms with Gasteiger partial charge in [0.05, 0.1) is 0 Å². The van der Waals surface area contributed by atoms with E-state index in [2.05, 4.69) is 5.32 Å². The molecule has 0 aliphatic carbocycles. The molecule has 0 unspecified atom stereocenters. The molecule has 0 saturated carbocycles. The van der Waals surface area contributed by atoms with Crippen molar-refractivity contribution in [2.24, 2.45) is 5.41 Å². The number of hydrogen-bond acceptors (Lipinski definition) is 2. The summed E-state index contributed by atoms with van der Waals surface area (Å²) in [6.07, 6.45) is 1.32. The fourth-order valence-electron chi connectivity index (χ4n) is 1.44. The monoisotopic (exact) mass is 185 g/mol. The van der Waals surface area contributed by atoms with Gasteiger partial charge < -0.3 is 5.32 Å². The Balaban J connectivity index is 4.41. The molecule has 0 bridgehead atoms. The van der Waals surface area contributed by atoms with Crippen LogP contribution in [-0.4, -0.2) is 17.7 Å². The van der Waals surface area contributed by atoms with Crippen LogP contribution < -0.4 is 5.32 Å². The molecule has 3 nitrogen and oxygen atoms in total. The largest absolute Gasteiger partial charge is 0.354 e. The summed E-state index contributed by atoms with van der Waals surface area (Å²) in [4.78, 5) is 21.5. The summed E-state index contributed by atoms with van der Waals surface area (Å²) in [6, 6.07) is 0. The molecule has 0 aliphatic rings. The molecule has 0 aliphatic heterocycles. The Morgan fingerprint density at radius 1 is 1.31 bits per heavy atom. The van der Waals surface area contributed by atoms with Crippen LogP contribution in [0.25, 0.3) is 0 Å². The minimum Gasteiger partial charge on any atom is -0.354 e. The Hall–Kier alpha value is -0.860. The zero-order valence-electron chi connectivity index (χ0n) is 9.10. The Kier molecular flexibility index (Phi) is 3.64. The third kappa shape index (κ3) is 4.06. The molecule has 0 radical (unpaired) electrons. The van der Waals surface area contributed by atoms with Gasteiger partial charge in [0.25, 0.3) is 0 Å². The van der Waals surface area contributed by atoms with Gasteiger partial charge in [0, 0.05) is 11.0 Å². The molecule has 0 aromatic heterocycles. The van der Waals surface area contributed by atoms with Gasteiger partial charge in [0.1, 0.15) is 5.78 Å². The molecule has 1 amide bonds. The van der Waals surface area contributed by atoms with Crippen molar-refractivity contribution in [1.29, 1.82) is 0 Å². The summed E-state index contributed by atoms with van der Waals surface area (Å²) in [5, 5.41) is 2.70. The van der Waals surface area contributed by atoms with Crippen LogP contribution in [0, 0.1) is 5.41 Å². The molecule has 0 fully saturated rings. The second-order valence-corrected chi connectivity index (χ2v) is 4.76. The van der Waals surface area contributed by atoms with Gasteiger partial charge in [-0.3, -0.25) is 9.59 Å². The van der Waals surface area contributed by atoms with Crippen LogP contribution in [0.4, 0.5) is 0 Å². The van der Waals surface area contributed by atoms with E-state index in [4.69, 9.17) is 0 Å². The molecular weight excluding hydrogens is 166 g/mol. The molecule has 0 spiro atoms. The van der Waals surface area contributed by atoms with Crippen molar-refractivity contribution >= 4 is 12.2 Å². The van der Waals surface area contributed by atoms with Crippen molar-refractivity contribution in [2.45, 2.75) is 46.6 Å². The van der Waals surface area contributed by atoms with Gasteiger partial charge in [-0.25, -0.2) is 0 Å². The van der Waals surface area contributed by atoms with E-state index in [9.17, 15) is 9.59 Å². The van der Waals surface area contributed by atoms with E-state index in [1.165, 1.54) is 0 Å². The van der Waals surface area contributed by atoms with Gasteiger partial charge in [0.2, 0.25) is 6.41 Å². The number of ketones is 1. The first-order valence-corrected chi connectivity index (χ1v) is 4.44. The quantitative estimate of drug-likeness (QED) is 0.660. The summed E-state index contributed by atoms with van der Waals surface area (Å²) in [5.41, 5.74) is -0.698. The molecule has 0 aromatic rings. The molecule has 76 valence electrons. The van der Waals surface area contributed by atoms with Crippen LogP contribution in [0.5, 0.6) is 0 Å². The SMILES string of the molecule is CC(=O)C(C)(C)CC(C)(C)NC=O. The molecule has 3 heteroatoms. The average molecular weight is 185 g/mol. The zero-order chi connectivity index (χ0) is 10.7. The lowest BCUT2D eigenvalue weighted by atomic mass is 9.77. The normalized spacial score (nSPS) is 12.4. The van der Waals surface area contributed by atoms with Gasteiger partial charge in [-0.2, -0.15) is 0 Å². The summed E-state index contributed by atoms with van der Waals surface area (Å²) < 4.78 is 0. The number of nitrogens with one attached hydrogen (secondary N) is 1. The molecule has 0 atom stereocenters. The Morgan fingerprint density at radius 2 is 1.77 bits per heavy atom. The van der Waals surface area contributed by atoms with E-state index in [1.54, 1.807) is 6.92 Å². The number of Topliss-reactive ketones (excluding diaryl/α,β-unsaturated/α-hetero) is 1. The summed E-state index contributed by atoms with van der Waals surface area (Å²) >= 11 is 0. The number of amides is 1. The third-order valence-electron chi connectivity index (χ3n) is 2.29. The highest BCUT2D eigenvalue weighted by atomic mass is 16.1.